The van der Waals surface area contributed by atoms with E-state index in [1.165, 1.54) is 0 Å². The van der Waals surface area contributed by atoms with Crippen molar-refractivity contribution in [1.29, 1.82) is 5.26 Å². The Balaban J connectivity index is 1.74. The van der Waals surface area contributed by atoms with Crippen molar-refractivity contribution in [3.05, 3.63) is 95.6 Å². The number of carbonyl (C=O) groups is 2. The summed E-state index contributed by atoms with van der Waals surface area (Å²) < 4.78 is 5.62. The standard InChI is InChI=1S/C29H29NO3/c1-2-3-14-28(31)27(29(32)21-33-20-22-10-6-4-7-11-22)18-23-15-16-26(25(17-23)19-30)24-12-8-5-9-13-24/h4-13,15-17,27H,2-3,14,18,20-21H2,1H3. The molecule has 168 valence electrons. The molecule has 0 aromatic heterocycles. The molecule has 3 rings (SSSR count). The zero-order chi connectivity index (χ0) is 23.5. The molecule has 0 N–H and O–H groups in total. The van der Waals surface area contributed by atoms with Gasteiger partial charge in [0.1, 0.15) is 12.4 Å². The van der Waals surface area contributed by atoms with E-state index in [4.69, 9.17) is 4.74 Å². The number of rotatable bonds is 12. The van der Waals surface area contributed by atoms with E-state index in [1.54, 1.807) is 6.07 Å². The summed E-state index contributed by atoms with van der Waals surface area (Å²) >= 11 is 0. The lowest BCUT2D eigenvalue weighted by atomic mass is 9.87. The minimum absolute atomic E-state index is 0.0594. The highest BCUT2D eigenvalue weighted by atomic mass is 16.5. The van der Waals surface area contributed by atoms with Gasteiger partial charge in [-0.2, -0.15) is 5.26 Å². The van der Waals surface area contributed by atoms with Crippen LogP contribution in [0.25, 0.3) is 11.1 Å². The van der Waals surface area contributed by atoms with Crippen LogP contribution in [0.1, 0.15) is 42.9 Å². The third-order valence-electron chi connectivity index (χ3n) is 5.64. The van der Waals surface area contributed by atoms with E-state index in [0.717, 1.165) is 35.1 Å². The predicted molar refractivity (Wildman–Crippen MR) is 129 cm³/mol. The second kappa shape index (κ2) is 12.5. The Kier molecular flexibility index (Phi) is 9.11. The molecule has 0 aliphatic rings. The van der Waals surface area contributed by atoms with Crippen molar-refractivity contribution < 1.29 is 14.3 Å². The molecule has 4 heteroatoms. The highest BCUT2D eigenvalue weighted by molar-refractivity contribution is 6.03. The van der Waals surface area contributed by atoms with Gasteiger partial charge in [-0.3, -0.25) is 9.59 Å². The topological polar surface area (TPSA) is 67.2 Å². The molecule has 0 spiro atoms. The van der Waals surface area contributed by atoms with Crippen LogP contribution in [0.15, 0.2) is 78.9 Å². The molecule has 0 saturated carbocycles. The van der Waals surface area contributed by atoms with Crippen LogP contribution in [0.3, 0.4) is 0 Å². The average molecular weight is 440 g/mol. The summed E-state index contributed by atoms with van der Waals surface area (Å²) in [5.74, 6) is -1.03. The van der Waals surface area contributed by atoms with Crippen LogP contribution in [0.4, 0.5) is 0 Å². The first kappa shape index (κ1) is 24.1. The van der Waals surface area contributed by atoms with Crippen LogP contribution in [0.5, 0.6) is 0 Å². The van der Waals surface area contributed by atoms with Crippen LogP contribution in [0.2, 0.25) is 0 Å². The maximum absolute atomic E-state index is 13.0. The molecule has 0 amide bonds. The van der Waals surface area contributed by atoms with Crippen LogP contribution in [-0.4, -0.2) is 18.2 Å². The van der Waals surface area contributed by atoms with E-state index in [-0.39, 0.29) is 24.6 Å². The van der Waals surface area contributed by atoms with Gasteiger partial charge in [0.05, 0.1) is 24.2 Å². The fraction of sp³-hybridized carbons (Fsp3) is 0.276. The van der Waals surface area contributed by atoms with E-state index >= 15 is 0 Å². The van der Waals surface area contributed by atoms with E-state index in [2.05, 4.69) is 6.07 Å². The molecule has 0 aliphatic carbocycles. The Morgan fingerprint density at radius 1 is 0.909 bits per heavy atom. The van der Waals surface area contributed by atoms with Gasteiger partial charge in [-0.25, -0.2) is 0 Å². The average Bonchev–Trinajstić information content (AvgIpc) is 2.86. The Morgan fingerprint density at radius 3 is 2.27 bits per heavy atom. The number of nitriles is 1. The van der Waals surface area contributed by atoms with Gasteiger partial charge in [-0.1, -0.05) is 86.1 Å². The molecule has 3 aromatic carbocycles. The minimum Gasteiger partial charge on any atom is -0.369 e. The SMILES string of the molecule is CCCCC(=O)C(Cc1ccc(-c2ccccc2)c(C#N)c1)C(=O)COCc1ccccc1. The molecule has 4 nitrogen and oxygen atoms in total. The Morgan fingerprint density at radius 2 is 1.61 bits per heavy atom. The summed E-state index contributed by atoms with van der Waals surface area (Å²) in [7, 11) is 0. The van der Waals surface area contributed by atoms with Crippen molar-refractivity contribution in [2.75, 3.05) is 6.61 Å². The summed E-state index contributed by atoms with van der Waals surface area (Å²) in [5, 5.41) is 9.69. The van der Waals surface area contributed by atoms with Gasteiger partial charge in [-0.15, -0.1) is 0 Å². The maximum atomic E-state index is 13.0. The van der Waals surface area contributed by atoms with Gasteiger partial charge >= 0.3 is 0 Å². The molecule has 1 atom stereocenters. The third kappa shape index (κ3) is 6.97. The first-order valence-electron chi connectivity index (χ1n) is 11.4. The first-order chi connectivity index (χ1) is 16.1. The van der Waals surface area contributed by atoms with Gasteiger partial charge in [0.2, 0.25) is 0 Å². The van der Waals surface area contributed by atoms with Gasteiger partial charge in [0.25, 0.3) is 0 Å². The quantitative estimate of drug-likeness (QED) is 0.328. The number of carbonyl (C=O) groups excluding carboxylic acids is 2. The number of hydrogen-bond acceptors (Lipinski definition) is 4. The smallest absolute Gasteiger partial charge is 0.169 e. The van der Waals surface area contributed by atoms with E-state index in [9.17, 15) is 14.9 Å². The molecule has 0 fully saturated rings. The number of nitrogens with zero attached hydrogens (tertiary/aromatic N) is 1. The number of hydrogen-bond donors (Lipinski definition) is 0. The van der Waals surface area contributed by atoms with Crippen LogP contribution < -0.4 is 0 Å². The molecule has 0 aliphatic heterocycles. The van der Waals surface area contributed by atoms with Crippen LogP contribution in [-0.2, 0) is 27.4 Å². The lowest BCUT2D eigenvalue weighted by molar-refractivity contribution is -0.135. The minimum atomic E-state index is -0.763. The van der Waals surface area contributed by atoms with Gasteiger partial charge in [0, 0.05) is 6.42 Å². The van der Waals surface area contributed by atoms with Crippen molar-refractivity contribution in [2.24, 2.45) is 5.92 Å². The molecule has 3 aromatic rings. The lowest BCUT2D eigenvalue weighted by Gasteiger charge is -2.16. The fourth-order valence-corrected chi connectivity index (χ4v) is 3.79. The summed E-state index contributed by atoms with van der Waals surface area (Å²) in [5.41, 5.74) is 4.12. The highest BCUT2D eigenvalue weighted by Crippen LogP contribution is 2.26. The molecule has 33 heavy (non-hydrogen) atoms. The number of ether oxygens (including phenoxy) is 1. The molecule has 0 bridgehead atoms. The Labute approximate surface area is 195 Å². The highest BCUT2D eigenvalue weighted by Gasteiger charge is 2.26. The summed E-state index contributed by atoms with van der Waals surface area (Å²) in [6, 6.07) is 27.2. The van der Waals surface area contributed by atoms with E-state index in [0.29, 0.717) is 18.6 Å². The number of ketones is 2. The molecule has 0 heterocycles. The molecular formula is C29H29NO3. The van der Waals surface area contributed by atoms with Gasteiger partial charge in [0.15, 0.2) is 5.78 Å². The van der Waals surface area contributed by atoms with Crippen molar-refractivity contribution >= 4 is 11.6 Å². The molecule has 1 unspecified atom stereocenters. The van der Waals surface area contributed by atoms with Gasteiger partial charge in [-0.05, 0) is 41.2 Å². The summed E-state index contributed by atoms with van der Waals surface area (Å²) in [6.07, 6.45) is 2.30. The van der Waals surface area contributed by atoms with Crippen molar-refractivity contribution in [3.63, 3.8) is 0 Å². The van der Waals surface area contributed by atoms with Crippen molar-refractivity contribution in [1.82, 2.24) is 0 Å². The second-order valence-electron chi connectivity index (χ2n) is 8.13. The largest absolute Gasteiger partial charge is 0.369 e. The van der Waals surface area contributed by atoms with Crippen LogP contribution in [0, 0.1) is 17.2 Å². The molecule has 0 saturated heterocycles. The lowest BCUT2D eigenvalue weighted by Crippen LogP contribution is -2.29. The zero-order valence-corrected chi connectivity index (χ0v) is 19.0. The summed E-state index contributed by atoms with van der Waals surface area (Å²) in [6.45, 7) is 2.24. The number of benzene rings is 3. The Bertz CT molecular complexity index is 1100. The molecule has 0 radical (unpaired) electrons. The van der Waals surface area contributed by atoms with Crippen molar-refractivity contribution in [3.8, 4) is 17.2 Å². The van der Waals surface area contributed by atoms with Crippen LogP contribution >= 0.6 is 0 Å². The number of unbranched alkanes of at least 4 members (excludes halogenated alkanes) is 1. The first-order valence-corrected chi connectivity index (χ1v) is 11.4. The molecular weight excluding hydrogens is 410 g/mol. The van der Waals surface area contributed by atoms with Crippen molar-refractivity contribution in [2.45, 2.75) is 39.2 Å². The van der Waals surface area contributed by atoms with Gasteiger partial charge < -0.3 is 4.74 Å². The fourth-order valence-electron chi connectivity index (χ4n) is 3.79. The number of Topliss-reactive ketones (excluding diaryl/α,β-unsaturated/α-hetero) is 2. The monoisotopic (exact) mass is 439 g/mol. The second-order valence-corrected chi connectivity index (χ2v) is 8.13. The van der Waals surface area contributed by atoms with E-state index in [1.807, 2.05) is 79.7 Å². The zero-order valence-electron chi connectivity index (χ0n) is 19.0. The summed E-state index contributed by atoms with van der Waals surface area (Å²) in [4.78, 5) is 25.9. The third-order valence-corrected chi connectivity index (χ3v) is 5.64. The maximum Gasteiger partial charge on any atom is 0.169 e. The predicted octanol–water partition coefficient (Wildman–Crippen LogP) is 5.93. The normalized spacial score (nSPS) is 11.5. The van der Waals surface area contributed by atoms with E-state index < -0.39 is 5.92 Å². The Hall–Kier alpha value is -3.55.